The first-order valence-electron chi connectivity index (χ1n) is 9.22. The first-order chi connectivity index (χ1) is 14.1. The summed E-state index contributed by atoms with van der Waals surface area (Å²) in [6.45, 7) is -0.167. The summed E-state index contributed by atoms with van der Waals surface area (Å²) in [4.78, 5) is 23.1. The van der Waals surface area contributed by atoms with Gasteiger partial charge in [0.05, 0.1) is 0 Å². The van der Waals surface area contributed by atoms with E-state index in [1.807, 2.05) is 42.5 Å². The summed E-state index contributed by atoms with van der Waals surface area (Å²) in [5.74, 6) is -0.196. The van der Waals surface area contributed by atoms with Gasteiger partial charge in [0.25, 0.3) is 5.91 Å². The van der Waals surface area contributed by atoms with Gasteiger partial charge in [-0.05, 0) is 47.4 Å². The van der Waals surface area contributed by atoms with Crippen LogP contribution in [0, 0.1) is 0 Å². The Morgan fingerprint density at radius 1 is 0.897 bits per heavy atom. The third-order valence-electron chi connectivity index (χ3n) is 4.20. The number of para-hydroxylation sites is 1. The summed E-state index contributed by atoms with van der Waals surface area (Å²) in [5.41, 5.74) is 8.91. The molecule has 3 aromatic carbocycles. The van der Waals surface area contributed by atoms with Crippen molar-refractivity contribution in [3.8, 4) is 5.75 Å². The fourth-order valence-electron chi connectivity index (χ4n) is 2.79. The van der Waals surface area contributed by atoms with Crippen LogP contribution in [0.25, 0.3) is 6.08 Å². The van der Waals surface area contributed by atoms with Gasteiger partial charge in [-0.15, -0.1) is 0 Å². The summed E-state index contributed by atoms with van der Waals surface area (Å²) in [5, 5.41) is 2.94. The monoisotopic (exact) mass is 386 g/mol. The lowest BCUT2D eigenvalue weighted by molar-refractivity contribution is -0.120. The molecule has 3 rings (SSSR count). The molecule has 29 heavy (non-hydrogen) atoms. The van der Waals surface area contributed by atoms with E-state index in [0.29, 0.717) is 5.75 Å². The van der Waals surface area contributed by atoms with E-state index in [9.17, 15) is 9.59 Å². The highest BCUT2D eigenvalue weighted by molar-refractivity contribution is 6.02. The van der Waals surface area contributed by atoms with Crippen molar-refractivity contribution in [2.24, 2.45) is 5.73 Å². The molecule has 0 aromatic heterocycles. The van der Waals surface area contributed by atoms with E-state index in [2.05, 4.69) is 17.4 Å². The Morgan fingerprint density at radius 2 is 1.59 bits per heavy atom. The quantitative estimate of drug-likeness (QED) is 0.578. The Balaban J connectivity index is 1.61. The molecule has 2 amide bonds. The Bertz CT molecular complexity index is 996. The maximum Gasteiger partial charge on any atom is 0.255 e. The van der Waals surface area contributed by atoms with Crippen molar-refractivity contribution in [2.45, 2.75) is 6.42 Å². The Labute approximate surface area is 169 Å². The molecule has 0 fully saturated rings. The van der Waals surface area contributed by atoms with Crippen LogP contribution in [0.4, 0.5) is 5.69 Å². The number of hydrogen-bond acceptors (Lipinski definition) is 3. The number of rotatable bonds is 8. The predicted octanol–water partition coefficient (Wildman–Crippen LogP) is 3.79. The minimum absolute atomic E-state index is 0.167. The Morgan fingerprint density at radius 3 is 2.31 bits per heavy atom. The number of carbonyl (C=O) groups excluding carboxylic acids is 2. The molecule has 0 bridgehead atoms. The minimum atomic E-state index is -0.529. The van der Waals surface area contributed by atoms with Gasteiger partial charge in [0, 0.05) is 11.8 Å². The zero-order chi connectivity index (χ0) is 20.5. The second-order valence-electron chi connectivity index (χ2n) is 6.47. The second-order valence-corrected chi connectivity index (χ2v) is 6.47. The maximum atomic E-state index is 12.4. The molecule has 0 aliphatic heterocycles. The molecule has 0 heterocycles. The molecule has 0 aliphatic rings. The topological polar surface area (TPSA) is 81.4 Å². The summed E-state index contributed by atoms with van der Waals surface area (Å²) >= 11 is 0. The molecular formula is C24H22N2O3. The molecule has 5 nitrogen and oxygen atoms in total. The number of anilines is 1. The summed E-state index contributed by atoms with van der Waals surface area (Å²) in [7, 11) is 0. The summed E-state index contributed by atoms with van der Waals surface area (Å²) in [6, 6.07) is 24.9. The second kappa shape index (κ2) is 9.90. The van der Waals surface area contributed by atoms with Crippen molar-refractivity contribution in [3.05, 3.63) is 102 Å². The van der Waals surface area contributed by atoms with Gasteiger partial charge in [0.2, 0.25) is 5.91 Å². The molecule has 0 aliphatic carbocycles. The van der Waals surface area contributed by atoms with Crippen molar-refractivity contribution >= 4 is 23.6 Å². The van der Waals surface area contributed by atoms with Crippen LogP contribution < -0.4 is 15.8 Å². The first-order valence-corrected chi connectivity index (χ1v) is 9.22. The third kappa shape index (κ3) is 6.36. The zero-order valence-corrected chi connectivity index (χ0v) is 15.9. The Kier molecular flexibility index (Phi) is 6.79. The van der Waals surface area contributed by atoms with Crippen molar-refractivity contribution in [1.29, 1.82) is 0 Å². The van der Waals surface area contributed by atoms with Crippen LogP contribution in [0.1, 0.15) is 16.7 Å². The van der Waals surface area contributed by atoms with E-state index in [4.69, 9.17) is 10.5 Å². The molecule has 5 heteroatoms. The number of ether oxygens (including phenoxy) is 1. The smallest absolute Gasteiger partial charge is 0.255 e. The molecule has 0 atom stereocenters. The van der Waals surface area contributed by atoms with Crippen molar-refractivity contribution in [3.63, 3.8) is 0 Å². The van der Waals surface area contributed by atoms with Crippen molar-refractivity contribution in [2.75, 3.05) is 11.9 Å². The maximum absolute atomic E-state index is 12.4. The standard InChI is InChI=1S/C24H22N2O3/c25-23(27)17-29-21-13-10-18(11-14-21)12-15-24(28)26-22-9-5-4-8-20(22)16-19-6-2-1-3-7-19/h1-15H,16-17H2,(H2,25,27)(H,26,28). The number of primary amides is 1. The highest BCUT2D eigenvalue weighted by atomic mass is 16.5. The van der Waals surface area contributed by atoms with Crippen LogP contribution >= 0.6 is 0 Å². The van der Waals surface area contributed by atoms with Crippen molar-refractivity contribution in [1.82, 2.24) is 0 Å². The fraction of sp³-hybridized carbons (Fsp3) is 0.0833. The highest BCUT2D eigenvalue weighted by Gasteiger charge is 2.05. The molecule has 3 N–H and O–H groups in total. The lowest BCUT2D eigenvalue weighted by Gasteiger charge is -2.10. The zero-order valence-electron chi connectivity index (χ0n) is 15.9. The van der Waals surface area contributed by atoms with E-state index in [-0.39, 0.29) is 12.5 Å². The molecule has 0 saturated heterocycles. The fourth-order valence-corrected chi connectivity index (χ4v) is 2.79. The molecule has 0 radical (unpaired) electrons. The number of nitrogens with one attached hydrogen (secondary N) is 1. The largest absolute Gasteiger partial charge is 0.484 e. The van der Waals surface area contributed by atoms with Crippen LogP contribution in [0.3, 0.4) is 0 Å². The molecule has 3 aromatic rings. The number of benzene rings is 3. The van der Waals surface area contributed by atoms with Gasteiger partial charge in [-0.25, -0.2) is 0 Å². The van der Waals surface area contributed by atoms with Crippen molar-refractivity contribution < 1.29 is 14.3 Å². The van der Waals surface area contributed by atoms with Gasteiger partial charge >= 0.3 is 0 Å². The van der Waals surface area contributed by atoms with Crippen LogP contribution in [-0.4, -0.2) is 18.4 Å². The normalized spacial score (nSPS) is 10.6. The number of nitrogens with two attached hydrogens (primary N) is 1. The van der Waals surface area contributed by atoms with E-state index in [1.165, 1.54) is 11.6 Å². The molecular weight excluding hydrogens is 364 g/mol. The van der Waals surface area contributed by atoms with E-state index >= 15 is 0 Å². The molecule has 0 saturated carbocycles. The van der Waals surface area contributed by atoms with E-state index in [0.717, 1.165) is 23.2 Å². The van der Waals surface area contributed by atoms with E-state index in [1.54, 1.807) is 30.3 Å². The SMILES string of the molecule is NC(=O)COc1ccc(C=CC(=O)Nc2ccccc2Cc2ccccc2)cc1. The average molecular weight is 386 g/mol. The number of hydrogen-bond donors (Lipinski definition) is 2. The van der Waals surface area contributed by atoms with Crippen LogP contribution in [0.15, 0.2) is 84.9 Å². The van der Waals surface area contributed by atoms with Gasteiger partial charge in [0.1, 0.15) is 5.75 Å². The summed E-state index contributed by atoms with van der Waals surface area (Å²) < 4.78 is 5.21. The molecule has 146 valence electrons. The summed E-state index contributed by atoms with van der Waals surface area (Å²) in [6.07, 6.45) is 3.94. The third-order valence-corrected chi connectivity index (χ3v) is 4.20. The van der Waals surface area contributed by atoms with Gasteiger partial charge in [-0.1, -0.05) is 60.7 Å². The highest BCUT2D eigenvalue weighted by Crippen LogP contribution is 2.19. The lowest BCUT2D eigenvalue weighted by atomic mass is 10.0. The first kappa shape index (κ1) is 19.9. The lowest BCUT2D eigenvalue weighted by Crippen LogP contribution is -2.19. The van der Waals surface area contributed by atoms with Gasteiger partial charge in [-0.2, -0.15) is 0 Å². The van der Waals surface area contributed by atoms with Crippen LogP contribution in [0.2, 0.25) is 0 Å². The van der Waals surface area contributed by atoms with Crippen LogP contribution in [-0.2, 0) is 16.0 Å². The predicted molar refractivity (Wildman–Crippen MR) is 114 cm³/mol. The van der Waals surface area contributed by atoms with Gasteiger partial charge in [0.15, 0.2) is 6.61 Å². The number of carbonyl (C=O) groups is 2. The van der Waals surface area contributed by atoms with Gasteiger partial charge < -0.3 is 15.8 Å². The molecule has 0 spiro atoms. The molecule has 0 unspecified atom stereocenters. The van der Waals surface area contributed by atoms with Gasteiger partial charge in [-0.3, -0.25) is 9.59 Å². The van der Waals surface area contributed by atoms with E-state index < -0.39 is 5.91 Å². The van der Waals surface area contributed by atoms with Crippen LogP contribution in [0.5, 0.6) is 5.75 Å². The Hall–Kier alpha value is -3.86. The number of amides is 2. The average Bonchev–Trinajstić information content (AvgIpc) is 2.73. The minimum Gasteiger partial charge on any atom is -0.484 e.